The summed E-state index contributed by atoms with van der Waals surface area (Å²) in [7, 11) is 0. The van der Waals surface area contributed by atoms with Gasteiger partial charge in [0.25, 0.3) is 0 Å². The molecule has 60 valence electrons. The van der Waals surface area contributed by atoms with Crippen molar-refractivity contribution in [3.05, 3.63) is 28.0 Å². The molecular weight excluding hydrogens is 204 g/mol. The van der Waals surface area contributed by atoms with Crippen LogP contribution in [-0.2, 0) is 0 Å². The quantitative estimate of drug-likeness (QED) is 0.729. The number of hydrogen-bond acceptors (Lipinski definition) is 2. The van der Waals surface area contributed by atoms with Crippen LogP contribution in [0.25, 0.3) is 0 Å². The van der Waals surface area contributed by atoms with Crippen LogP contribution in [0.15, 0.2) is 16.7 Å². The maximum atomic E-state index is 5.70. The number of nitrogens with two attached hydrogens (primary N) is 1. The van der Waals surface area contributed by atoms with Gasteiger partial charge in [0.2, 0.25) is 0 Å². The lowest BCUT2D eigenvalue weighted by Gasteiger charge is -2.06. The predicted octanol–water partition coefficient (Wildman–Crippen LogP) is 2.17. The van der Waals surface area contributed by atoms with E-state index in [2.05, 4.69) is 20.9 Å². The lowest BCUT2D eigenvalue weighted by atomic mass is 10.1. The van der Waals surface area contributed by atoms with E-state index in [0.717, 1.165) is 15.9 Å². The Morgan fingerprint density at radius 3 is 2.64 bits per heavy atom. The molecule has 0 aromatic carbocycles. The molecule has 0 saturated heterocycles. The van der Waals surface area contributed by atoms with Crippen molar-refractivity contribution in [2.45, 2.75) is 19.9 Å². The second kappa shape index (κ2) is 3.32. The standard InChI is InChI=1S/C8H11BrN2/c1-5-3-7(6(2)10)4-8(9)11-5/h3-4,6H,10H2,1-2H3/t6-/m0/s1. The number of aryl methyl sites for hydroxylation is 1. The predicted molar refractivity (Wildman–Crippen MR) is 49.3 cm³/mol. The van der Waals surface area contributed by atoms with Gasteiger partial charge in [0, 0.05) is 11.7 Å². The van der Waals surface area contributed by atoms with Gasteiger partial charge in [-0.2, -0.15) is 0 Å². The van der Waals surface area contributed by atoms with E-state index >= 15 is 0 Å². The molecule has 0 amide bonds. The highest BCUT2D eigenvalue weighted by molar-refractivity contribution is 9.10. The molecule has 0 unspecified atom stereocenters. The molecule has 0 fully saturated rings. The normalized spacial score (nSPS) is 13.1. The molecule has 1 aromatic rings. The Morgan fingerprint density at radius 2 is 2.18 bits per heavy atom. The third kappa shape index (κ3) is 2.27. The van der Waals surface area contributed by atoms with Crippen molar-refractivity contribution in [1.29, 1.82) is 0 Å². The third-order valence-corrected chi connectivity index (χ3v) is 1.88. The van der Waals surface area contributed by atoms with Crippen LogP contribution in [0.5, 0.6) is 0 Å². The summed E-state index contributed by atoms with van der Waals surface area (Å²) in [5.74, 6) is 0. The lowest BCUT2D eigenvalue weighted by Crippen LogP contribution is -2.05. The molecule has 1 atom stereocenters. The zero-order valence-corrected chi connectivity index (χ0v) is 8.22. The molecule has 2 N–H and O–H groups in total. The van der Waals surface area contributed by atoms with Crippen molar-refractivity contribution >= 4 is 15.9 Å². The number of pyridine rings is 1. The highest BCUT2D eigenvalue weighted by atomic mass is 79.9. The summed E-state index contributed by atoms with van der Waals surface area (Å²) in [6, 6.07) is 4.01. The van der Waals surface area contributed by atoms with Gasteiger partial charge in [0.1, 0.15) is 4.60 Å². The van der Waals surface area contributed by atoms with Gasteiger partial charge in [-0.05, 0) is 47.5 Å². The fraction of sp³-hybridized carbons (Fsp3) is 0.375. The molecule has 1 aromatic heterocycles. The summed E-state index contributed by atoms with van der Waals surface area (Å²) in [5.41, 5.74) is 7.81. The van der Waals surface area contributed by atoms with Gasteiger partial charge >= 0.3 is 0 Å². The summed E-state index contributed by atoms with van der Waals surface area (Å²) < 4.78 is 0.852. The molecule has 0 saturated carbocycles. The van der Waals surface area contributed by atoms with Crippen molar-refractivity contribution in [3.8, 4) is 0 Å². The topological polar surface area (TPSA) is 38.9 Å². The van der Waals surface area contributed by atoms with E-state index in [1.807, 2.05) is 26.0 Å². The van der Waals surface area contributed by atoms with Gasteiger partial charge in [-0.3, -0.25) is 0 Å². The summed E-state index contributed by atoms with van der Waals surface area (Å²) >= 11 is 3.31. The molecular formula is C8H11BrN2. The van der Waals surface area contributed by atoms with Crippen LogP contribution >= 0.6 is 15.9 Å². The summed E-state index contributed by atoms with van der Waals surface area (Å²) in [4.78, 5) is 4.18. The maximum absolute atomic E-state index is 5.70. The minimum atomic E-state index is 0.0769. The minimum Gasteiger partial charge on any atom is -0.324 e. The van der Waals surface area contributed by atoms with Crippen LogP contribution in [0.4, 0.5) is 0 Å². The summed E-state index contributed by atoms with van der Waals surface area (Å²) in [5, 5.41) is 0. The number of aromatic nitrogens is 1. The van der Waals surface area contributed by atoms with E-state index in [9.17, 15) is 0 Å². The molecule has 1 heterocycles. The number of rotatable bonds is 1. The Labute approximate surface area is 75.0 Å². The van der Waals surface area contributed by atoms with Gasteiger partial charge in [0.05, 0.1) is 0 Å². The SMILES string of the molecule is Cc1cc([C@H](C)N)cc(Br)n1. The van der Waals surface area contributed by atoms with Crippen molar-refractivity contribution in [1.82, 2.24) is 4.98 Å². The van der Waals surface area contributed by atoms with E-state index in [-0.39, 0.29) is 6.04 Å². The monoisotopic (exact) mass is 214 g/mol. The molecule has 3 heteroatoms. The molecule has 0 bridgehead atoms. The Kier molecular flexibility index (Phi) is 2.62. The molecule has 0 radical (unpaired) electrons. The Balaban J connectivity index is 3.08. The van der Waals surface area contributed by atoms with Crippen molar-refractivity contribution in [2.75, 3.05) is 0 Å². The van der Waals surface area contributed by atoms with Crippen LogP contribution in [-0.4, -0.2) is 4.98 Å². The van der Waals surface area contributed by atoms with Crippen LogP contribution in [0.1, 0.15) is 24.2 Å². The lowest BCUT2D eigenvalue weighted by molar-refractivity contribution is 0.811. The second-order valence-electron chi connectivity index (χ2n) is 2.65. The Morgan fingerprint density at radius 1 is 1.55 bits per heavy atom. The van der Waals surface area contributed by atoms with E-state index in [1.54, 1.807) is 0 Å². The minimum absolute atomic E-state index is 0.0769. The van der Waals surface area contributed by atoms with Crippen LogP contribution in [0.2, 0.25) is 0 Å². The average molecular weight is 215 g/mol. The van der Waals surface area contributed by atoms with Gasteiger partial charge in [-0.1, -0.05) is 0 Å². The molecule has 0 aliphatic heterocycles. The Hall–Kier alpha value is -0.410. The van der Waals surface area contributed by atoms with Gasteiger partial charge in [-0.15, -0.1) is 0 Å². The van der Waals surface area contributed by atoms with Gasteiger partial charge in [-0.25, -0.2) is 4.98 Å². The van der Waals surface area contributed by atoms with E-state index in [0.29, 0.717) is 0 Å². The molecule has 0 aliphatic rings. The van der Waals surface area contributed by atoms with Crippen LogP contribution < -0.4 is 5.73 Å². The number of nitrogens with zero attached hydrogens (tertiary/aromatic N) is 1. The van der Waals surface area contributed by atoms with Crippen molar-refractivity contribution in [2.24, 2.45) is 5.73 Å². The molecule has 0 aliphatic carbocycles. The number of halogens is 1. The van der Waals surface area contributed by atoms with Gasteiger partial charge < -0.3 is 5.73 Å². The largest absolute Gasteiger partial charge is 0.324 e. The second-order valence-corrected chi connectivity index (χ2v) is 3.47. The van der Waals surface area contributed by atoms with Crippen molar-refractivity contribution < 1.29 is 0 Å². The molecule has 11 heavy (non-hydrogen) atoms. The zero-order chi connectivity index (χ0) is 8.43. The van der Waals surface area contributed by atoms with Crippen LogP contribution in [0.3, 0.4) is 0 Å². The fourth-order valence-corrected chi connectivity index (χ4v) is 1.46. The van der Waals surface area contributed by atoms with Crippen molar-refractivity contribution in [3.63, 3.8) is 0 Å². The first-order valence-corrected chi connectivity index (χ1v) is 4.28. The highest BCUT2D eigenvalue weighted by Gasteiger charge is 2.01. The van der Waals surface area contributed by atoms with E-state index in [1.165, 1.54) is 0 Å². The maximum Gasteiger partial charge on any atom is 0.106 e. The summed E-state index contributed by atoms with van der Waals surface area (Å²) in [6.45, 7) is 3.91. The smallest absolute Gasteiger partial charge is 0.106 e. The number of hydrogen-bond donors (Lipinski definition) is 1. The first-order valence-electron chi connectivity index (χ1n) is 3.49. The Bertz CT molecular complexity index is 238. The molecule has 0 spiro atoms. The first-order chi connectivity index (χ1) is 5.09. The first kappa shape index (κ1) is 8.68. The van der Waals surface area contributed by atoms with Gasteiger partial charge in [0.15, 0.2) is 0 Å². The fourth-order valence-electron chi connectivity index (χ4n) is 0.916. The molecule has 1 rings (SSSR count). The average Bonchev–Trinajstić information content (AvgIpc) is 1.85. The third-order valence-electron chi connectivity index (χ3n) is 1.47. The zero-order valence-electron chi connectivity index (χ0n) is 6.63. The van der Waals surface area contributed by atoms with Crippen LogP contribution in [0, 0.1) is 6.92 Å². The summed E-state index contributed by atoms with van der Waals surface area (Å²) in [6.07, 6.45) is 0. The highest BCUT2D eigenvalue weighted by Crippen LogP contribution is 2.15. The van der Waals surface area contributed by atoms with E-state index in [4.69, 9.17) is 5.73 Å². The molecule has 2 nitrogen and oxygen atoms in total. The van der Waals surface area contributed by atoms with E-state index < -0.39 is 0 Å².